The molecule has 96 valence electrons. The number of hydrogen-bond acceptors (Lipinski definition) is 4. The standard InChI is InChI=1S/C12H19NO3S/c1-3-17(14,15)9-5-8-13-11-6-4-7-12(10-11)16-2/h4,6-7,10,13H,3,5,8-9H2,1-2H3. The first-order valence-electron chi connectivity index (χ1n) is 5.66. The monoisotopic (exact) mass is 257 g/mol. The summed E-state index contributed by atoms with van der Waals surface area (Å²) in [6.07, 6.45) is 0.618. The lowest BCUT2D eigenvalue weighted by Gasteiger charge is -2.07. The fraction of sp³-hybridized carbons (Fsp3) is 0.500. The van der Waals surface area contributed by atoms with Crippen LogP contribution in [0.15, 0.2) is 24.3 Å². The summed E-state index contributed by atoms with van der Waals surface area (Å²) in [4.78, 5) is 0. The second-order valence-electron chi connectivity index (χ2n) is 3.75. The summed E-state index contributed by atoms with van der Waals surface area (Å²) >= 11 is 0. The smallest absolute Gasteiger partial charge is 0.150 e. The lowest BCUT2D eigenvalue weighted by molar-refractivity contribution is 0.415. The molecular weight excluding hydrogens is 238 g/mol. The van der Waals surface area contributed by atoms with Crippen LogP contribution in [0.2, 0.25) is 0 Å². The number of rotatable bonds is 7. The van der Waals surface area contributed by atoms with E-state index in [1.807, 2.05) is 24.3 Å². The van der Waals surface area contributed by atoms with Crippen LogP contribution in [0.5, 0.6) is 5.75 Å². The van der Waals surface area contributed by atoms with Gasteiger partial charge in [0.2, 0.25) is 0 Å². The molecule has 0 saturated heterocycles. The Bertz CT molecular complexity index is 443. The van der Waals surface area contributed by atoms with Gasteiger partial charge in [0, 0.05) is 24.1 Å². The van der Waals surface area contributed by atoms with Gasteiger partial charge in [-0.3, -0.25) is 0 Å². The van der Waals surface area contributed by atoms with E-state index in [1.165, 1.54) is 0 Å². The number of sulfone groups is 1. The average molecular weight is 257 g/mol. The van der Waals surface area contributed by atoms with Crippen molar-refractivity contribution in [3.8, 4) is 5.75 Å². The van der Waals surface area contributed by atoms with Crippen molar-refractivity contribution in [2.45, 2.75) is 13.3 Å². The van der Waals surface area contributed by atoms with E-state index in [1.54, 1.807) is 14.0 Å². The highest BCUT2D eigenvalue weighted by Crippen LogP contribution is 2.16. The molecule has 1 N–H and O–H groups in total. The summed E-state index contributed by atoms with van der Waals surface area (Å²) in [5.41, 5.74) is 0.943. The molecule has 0 bridgehead atoms. The Morgan fingerprint density at radius 2 is 2.12 bits per heavy atom. The van der Waals surface area contributed by atoms with Crippen LogP contribution >= 0.6 is 0 Å². The topological polar surface area (TPSA) is 55.4 Å². The molecule has 0 radical (unpaired) electrons. The lowest BCUT2D eigenvalue weighted by atomic mass is 10.3. The average Bonchev–Trinajstić information content (AvgIpc) is 2.35. The summed E-state index contributed by atoms with van der Waals surface area (Å²) < 4.78 is 27.6. The zero-order chi connectivity index (χ0) is 12.7. The Morgan fingerprint density at radius 1 is 1.35 bits per heavy atom. The molecule has 0 atom stereocenters. The van der Waals surface area contributed by atoms with Gasteiger partial charge in [0.05, 0.1) is 12.9 Å². The van der Waals surface area contributed by atoms with Gasteiger partial charge in [-0.05, 0) is 18.6 Å². The highest BCUT2D eigenvalue weighted by Gasteiger charge is 2.05. The van der Waals surface area contributed by atoms with Gasteiger partial charge in [-0.1, -0.05) is 13.0 Å². The molecule has 0 unspecified atom stereocenters. The van der Waals surface area contributed by atoms with Crippen LogP contribution in [0, 0.1) is 0 Å². The molecule has 4 nitrogen and oxygen atoms in total. The van der Waals surface area contributed by atoms with E-state index in [0.717, 1.165) is 11.4 Å². The third-order valence-electron chi connectivity index (χ3n) is 2.47. The van der Waals surface area contributed by atoms with Crippen molar-refractivity contribution in [2.24, 2.45) is 0 Å². The molecule has 1 aromatic carbocycles. The summed E-state index contributed by atoms with van der Waals surface area (Å²) in [7, 11) is -1.23. The predicted molar refractivity (Wildman–Crippen MR) is 70.4 cm³/mol. The van der Waals surface area contributed by atoms with Crippen LogP contribution in [-0.4, -0.2) is 33.6 Å². The summed E-state index contributed by atoms with van der Waals surface area (Å²) in [5, 5.41) is 3.17. The first-order chi connectivity index (χ1) is 8.07. The normalized spacial score (nSPS) is 11.2. The van der Waals surface area contributed by atoms with Gasteiger partial charge in [0.1, 0.15) is 15.6 Å². The molecule has 0 aliphatic rings. The summed E-state index contributed by atoms with van der Waals surface area (Å²) in [5.74, 6) is 1.24. The number of hydrogen-bond donors (Lipinski definition) is 1. The molecular formula is C12H19NO3S. The molecule has 17 heavy (non-hydrogen) atoms. The number of anilines is 1. The molecule has 0 aliphatic heterocycles. The lowest BCUT2D eigenvalue weighted by Crippen LogP contribution is -2.12. The molecule has 5 heteroatoms. The van der Waals surface area contributed by atoms with Gasteiger partial charge in [0.25, 0.3) is 0 Å². The summed E-state index contributed by atoms with van der Waals surface area (Å²) in [6.45, 7) is 2.32. The van der Waals surface area contributed by atoms with Crippen molar-refractivity contribution in [1.82, 2.24) is 0 Å². The van der Waals surface area contributed by atoms with E-state index in [9.17, 15) is 8.42 Å². The molecule has 0 spiro atoms. The highest BCUT2D eigenvalue weighted by atomic mass is 32.2. The van der Waals surface area contributed by atoms with Gasteiger partial charge in [-0.2, -0.15) is 0 Å². The number of nitrogens with one attached hydrogen (secondary N) is 1. The Hall–Kier alpha value is -1.23. The fourth-order valence-electron chi connectivity index (χ4n) is 1.40. The van der Waals surface area contributed by atoms with Crippen LogP contribution in [0.4, 0.5) is 5.69 Å². The van der Waals surface area contributed by atoms with Crippen LogP contribution in [0.1, 0.15) is 13.3 Å². The Balaban J connectivity index is 2.36. The van der Waals surface area contributed by atoms with E-state index in [-0.39, 0.29) is 11.5 Å². The minimum atomic E-state index is -2.85. The van der Waals surface area contributed by atoms with E-state index in [2.05, 4.69) is 5.32 Å². The van der Waals surface area contributed by atoms with Crippen molar-refractivity contribution in [3.05, 3.63) is 24.3 Å². The first kappa shape index (κ1) is 13.8. The predicted octanol–water partition coefficient (Wildman–Crippen LogP) is 1.93. The second-order valence-corrected chi connectivity index (χ2v) is 6.22. The van der Waals surface area contributed by atoms with E-state index >= 15 is 0 Å². The SMILES string of the molecule is CCS(=O)(=O)CCCNc1cccc(OC)c1. The fourth-order valence-corrected chi connectivity index (χ4v) is 2.28. The van der Waals surface area contributed by atoms with Crippen LogP contribution in [0.3, 0.4) is 0 Å². The van der Waals surface area contributed by atoms with Crippen molar-refractivity contribution in [1.29, 1.82) is 0 Å². The zero-order valence-corrected chi connectivity index (χ0v) is 11.1. The van der Waals surface area contributed by atoms with Gasteiger partial charge in [0.15, 0.2) is 0 Å². The first-order valence-corrected chi connectivity index (χ1v) is 7.48. The number of ether oxygens (including phenoxy) is 1. The second kappa shape index (κ2) is 6.49. The number of benzene rings is 1. The third-order valence-corrected chi connectivity index (χ3v) is 4.26. The van der Waals surface area contributed by atoms with Crippen molar-refractivity contribution >= 4 is 15.5 Å². The molecule has 1 rings (SSSR count). The quantitative estimate of drug-likeness (QED) is 0.758. The van der Waals surface area contributed by atoms with Gasteiger partial charge in [-0.25, -0.2) is 8.42 Å². The van der Waals surface area contributed by atoms with E-state index < -0.39 is 9.84 Å². The van der Waals surface area contributed by atoms with E-state index in [0.29, 0.717) is 13.0 Å². The van der Waals surface area contributed by atoms with Crippen LogP contribution in [0.25, 0.3) is 0 Å². The van der Waals surface area contributed by atoms with Gasteiger partial charge >= 0.3 is 0 Å². The van der Waals surface area contributed by atoms with Crippen molar-refractivity contribution < 1.29 is 13.2 Å². The Kier molecular flexibility index (Phi) is 5.28. The number of methoxy groups -OCH3 is 1. The van der Waals surface area contributed by atoms with Crippen molar-refractivity contribution in [2.75, 3.05) is 30.5 Å². The molecule has 0 fully saturated rings. The molecule has 1 aromatic rings. The molecule has 0 heterocycles. The van der Waals surface area contributed by atoms with Gasteiger partial charge in [-0.15, -0.1) is 0 Å². The summed E-state index contributed by atoms with van der Waals surface area (Å²) in [6, 6.07) is 7.57. The molecule has 0 amide bonds. The van der Waals surface area contributed by atoms with Crippen molar-refractivity contribution in [3.63, 3.8) is 0 Å². The zero-order valence-electron chi connectivity index (χ0n) is 10.3. The maximum atomic E-state index is 11.3. The maximum absolute atomic E-state index is 11.3. The molecule has 0 saturated carbocycles. The van der Waals surface area contributed by atoms with Gasteiger partial charge < -0.3 is 10.1 Å². The highest BCUT2D eigenvalue weighted by molar-refractivity contribution is 7.91. The maximum Gasteiger partial charge on any atom is 0.150 e. The minimum absolute atomic E-state index is 0.214. The molecule has 0 aliphatic carbocycles. The third kappa shape index (κ3) is 5.08. The van der Waals surface area contributed by atoms with Crippen LogP contribution < -0.4 is 10.1 Å². The largest absolute Gasteiger partial charge is 0.497 e. The minimum Gasteiger partial charge on any atom is -0.497 e. The Morgan fingerprint density at radius 3 is 2.76 bits per heavy atom. The van der Waals surface area contributed by atoms with E-state index in [4.69, 9.17) is 4.74 Å². The van der Waals surface area contributed by atoms with Crippen LogP contribution in [-0.2, 0) is 9.84 Å². The molecule has 0 aromatic heterocycles. The Labute approximate surface area is 103 Å².